The molecule has 0 aliphatic rings. The summed E-state index contributed by atoms with van der Waals surface area (Å²) in [7, 11) is 0. The van der Waals surface area contributed by atoms with Crippen LogP contribution in [-0.4, -0.2) is 15.8 Å². The molecule has 1 N–H and O–H groups in total. The van der Waals surface area contributed by atoms with E-state index in [0.717, 1.165) is 33.3 Å². The molecule has 0 fully saturated rings. The van der Waals surface area contributed by atoms with Crippen LogP contribution in [0, 0.1) is 17.0 Å². The molecule has 4 aromatic carbocycles. The number of carbonyl (C=O) groups excluding carboxylic acids is 1. The molecule has 0 saturated carbocycles. The standard InChI is InChI=1S/C29H23N3O3/c1-20-11-15-23(16-12-20)31(29(33)22-13-17-24(18-14-22)32(34)35)28(21-7-3-2-4-8-21)26-19-30-27-10-6-5-9-25(26)27/h2-19,28,30H,1H3. The zero-order valence-corrected chi connectivity index (χ0v) is 19.1. The summed E-state index contributed by atoms with van der Waals surface area (Å²) in [6, 6.07) is 31.0. The number of amides is 1. The summed E-state index contributed by atoms with van der Waals surface area (Å²) in [5.74, 6) is -0.247. The second-order valence-corrected chi connectivity index (χ2v) is 8.42. The molecular formula is C29H23N3O3. The van der Waals surface area contributed by atoms with Crippen LogP contribution in [-0.2, 0) is 0 Å². The number of aromatic nitrogens is 1. The lowest BCUT2D eigenvalue weighted by Crippen LogP contribution is -2.35. The third-order valence-corrected chi connectivity index (χ3v) is 6.15. The van der Waals surface area contributed by atoms with E-state index in [9.17, 15) is 14.9 Å². The molecule has 0 saturated heterocycles. The first-order valence-electron chi connectivity index (χ1n) is 11.3. The Morgan fingerprint density at radius 1 is 0.857 bits per heavy atom. The first-order valence-corrected chi connectivity index (χ1v) is 11.3. The lowest BCUT2D eigenvalue weighted by Gasteiger charge is -2.33. The molecule has 5 rings (SSSR count). The van der Waals surface area contributed by atoms with E-state index in [1.165, 1.54) is 24.3 Å². The molecule has 1 amide bonds. The fraction of sp³-hybridized carbons (Fsp3) is 0.0690. The highest BCUT2D eigenvalue weighted by molar-refractivity contribution is 6.07. The van der Waals surface area contributed by atoms with Crippen molar-refractivity contribution in [2.24, 2.45) is 0 Å². The van der Waals surface area contributed by atoms with Crippen molar-refractivity contribution in [1.82, 2.24) is 4.98 Å². The zero-order valence-electron chi connectivity index (χ0n) is 19.1. The first-order chi connectivity index (χ1) is 17.0. The van der Waals surface area contributed by atoms with Gasteiger partial charge in [-0.25, -0.2) is 0 Å². The van der Waals surface area contributed by atoms with Crippen molar-refractivity contribution < 1.29 is 9.72 Å². The quantitative estimate of drug-likeness (QED) is 0.223. The Balaban J connectivity index is 1.72. The van der Waals surface area contributed by atoms with E-state index in [1.807, 2.05) is 92.0 Å². The third-order valence-electron chi connectivity index (χ3n) is 6.15. The summed E-state index contributed by atoms with van der Waals surface area (Å²) < 4.78 is 0. The molecule has 1 heterocycles. The van der Waals surface area contributed by atoms with E-state index >= 15 is 0 Å². The van der Waals surface area contributed by atoms with E-state index in [1.54, 1.807) is 4.90 Å². The summed E-state index contributed by atoms with van der Waals surface area (Å²) in [5, 5.41) is 12.2. The molecule has 0 radical (unpaired) electrons. The average Bonchev–Trinajstić information content (AvgIpc) is 3.32. The van der Waals surface area contributed by atoms with Crippen LogP contribution in [0.25, 0.3) is 10.9 Å². The monoisotopic (exact) mass is 461 g/mol. The average molecular weight is 462 g/mol. The summed E-state index contributed by atoms with van der Waals surface area (Å²) in [4.78, 5) is 29.9. The molecule has 172 valence electrons. The van der Waals surface area contributed by atoms with Crippen LogP contribution in [0.5, 0.6) is 0 Å². The van der Waals surface area contributed by atoms with Gasteiger partial charge in [0.2, 0.25) is 0 Å². The number of fused-ring (bicyclic) bond motifs is 1. The molecule has 6 heteroatoms. The number of nitrogens with one attached hydrogen (secondary N) is 1. The maximum absolute atomic E-state index is 14.1. The molecule has 5 aromatic rings. The van der Waals surface area contributed by atoms with Gasteiger partial charge in [-0.15, -0.1) is 0 Å². The number of hydrogen-bond donors (Lipinski definition) is 1. The van der Waals surface area contributed by atoms with Gasteiger partial charge in [0, 0.05) is 46.0 Å². The van der Waals surface area contributed by atoms with Gasteiger partial charge >= 0.3 is 0 Å². The van der Waals surface area contributed by atoms with E-state index in [0.29, 0.717) is 5.56 Å². The van der Waals surface area contributed by atoms with Crippen LogP contribution < -0.4 is 4.90 Å². The molecule has 0 aliphatic carbocycles. The molecule has 1 atom stereocenters. The van der Waals surface area contributed by atoms with Crippen LogP contribution in [0.4, 0.5) is 11.4 Å². The van der Waals surface area contributed by atoms with Crippen LogP contribution in [0.1, 0.15) is 33.1 Å². The molecule has 1 aromatic heterocycles. The van der Waals surface area contributed by atoms with E-state index in [2.05, 4.69) is 4.98 Å². The summed E-state index contributed by atoms with van der Waals surface area (Å²) in [6.45, 7) is 2.00. The Labute approximate surface area is 202 Å². The van der Waals surface area contributed by atoms with Gasteiger partial charge in [-0.05, 0) is 42.8 Å². The summed E-state index contributed by atoms with van der Waals surface area (Å²) in [5.41, 5.74) is 5.03. The smallest absolute Gasteiger partial charge is 0.269 e. The van der Waals surface area contributed by atoms with Gasteiger partial charge in [-0.1, -0.05) is 66.2 Å². The number of aromatic amines is 1. The van der Waals surface area contributed by atoms with Gasteiger partial charge in [-0.3, -0.25) is 19.8 Å². The van der Waals surface area contributed by atoms with Gasteiger partial charge in [0.25, 0.3) is 11.6 Å². The van der Waals surface area contributed by atoms with Crippen molar-refractivity contribution in [2.45, 2.75) is 13.0 Å². The molecule has 0 spiro atoms. The number of non-ortho nitro benzene ring substituents is 1. The van der Waals surface area contributed by atoms with Gasteiger partial charge in [0.1, 0.15) is 0 Å². The van der Waals surface area contributed by atoms with Gasteiger partial charge in [0.15, 0.2) is 0 Å². The Kier molecular flexibility index (Phi) is 5.85. The van der Waals surface area contributed by atoms with E-state index in [4.69, 9.17) is 0 Å². The van der Waals surface area contributed by atoms with Crippen LogP contribution in [0.15, 0.2) is 109 Å². The molecular weight excluding hydrogens is 438 g/mol. The Bertz CT molecular complexity index is 1490. The number of hydrogen-bond acceptors (Lipinski definition) is 3. The van der Waals surface area contributed by atoms with Gasteiger partial charge < -0.3 is 4.98 Å². The van der Waals surface area contributed by atoms with Crippen LogP contribution in [0.2, 0.25) is 0 Å². The highest BCUT2D eigenvalue weighted by atomic mass is 16.6. The summed E-state index contributed by atoms with van der Waals surface area (Å²) >= 11 is 0. The predicted octanol–water partition coefficient (Wildman–Crippen LogP) is 6.82. The third kappa shape index (κ3) is 4.29. The molecule has 0 bridgehead atoms. The number of H-pyrrole nitrogens is 1. The Morgan fingerprint density at radius 3 is 2.20 bits per heavy atom. The maximum atomic E-state index is 14.1. The first kappa shape index (κ1) is 22.1. The SMILES string of the molecule is Cc1ccc(N(C(=O)c2ccc([N+](=O)[O-])cc2)C(c2ccccc2)c2c[nH]c3ccccc23)cc1. The second-order valence-electron chi connectivity index (χ2n) is 8.42. The minimum absolute atomic E-state index is 0.0559. The second kappa shape index (κ2) is 9.27. The van der Waals surface area contributed by atoms with E-state index in [-0.39, 0.29) is 11.6 Å². The molecule has 0 aliphatic heterocycles. The van der Waals surface area contributed by atoms with Crippen LogP contribution >= 0.6 is 0 Å². The number of nitro benzene ring substituents is 1. The fourth-order valence-corrected chi connectivity index (χ4v) is 4.38. The number of carbonyl (C=O) groups is 1. The fourth-order valence-electron chi connectivity index (χ4n) is 4.38. The van der Waals surface area contributed by atoms with E-state index < -0.39 is 11.0 Å². The largest absolute Gasteiger partial charge is 0.361 e. The van der Waals surface area contributed by atoms with Crippen molar-refractivity contribution in [3.05, 3.63) is 142 Å². The molecule has 1 unspecified atom stereocenters. The van der Waals surface area contributed by atoms with Gasteiger partial charge in [-0.2, -0.15) is 0 Å². The number of nitro groups is 1. The predicted molar refractivity (Wildman–Crippen MR) is 138 cm³/mol. The minimum Gasteiger partial charge on any atom is -0.361 e. The normalized spacial score (nSPS) is 11.8. The van der Waals surface area contributed by atoms with Crippen molar-refractivity contribution in [3.63, 3.8) is 0 Å². The van der Waals surface area contributed by atoms with Crippen molar-refractivity contribution in [2.75, 3.05) is 4.90 Å². The highest BCUT2D eigenvalue weighted by Crippen LogP contribution is 2.38. The number of benzene rings is 4. The number of rotatable bonds is 6. The Hall–Kier alpha value is -4.71. The number of nitrogens with zero attached hydrogens (tertiary/aromatic N) is 2. The molecule has 35 heavy (non-hydrogen) atoms. The molecule has 6 nitrogen and oxygen atoms in total. The van der Waals surface area contributed by atoms with Crippen molar-refractivity contribution in [1.29, 1.82) is 0 Å². The topological polar surface area (TPSA) is 79.2 Å². The van der Waals surface area contributed by atoms with Crippen molar-refractivity contribution >= 4 is 28.2 Å². The summed E-state index contributed by atoms with van der Waals surface area (Å²) in [6.07, 6.45) is 1.95. The minimum atomic E-state index is -0.468. The number of aryl methyl sites for hydroxylation is 1. The van der Waals surface area contributed by atoms with Crippen LogP contribution in [0.3, 0.4) is 0 Å². The highest BCUT2D eigenvalue weighted by Gasteiger charge is 2.31. The van der Waals surface area contributed by atoms with Crippen molar-refractivity contribution in [3.8, 4) is 0 Å². The lowest BCUT2D eigenvalue weighted by molar-refractivity contribution is -0.384. The zero-order chi connectivity index (χ0) is 24.4. The Morgan fingerprint density at radius 2 is 1.51 bits per heavy atom. The lowest BCUT2D eigenvalue weighted by atomic mass is 9.95. The maximum Gasteiger partial charge on any atom is 0.269 e. The van der Waals surface area contributed by atoms with Gasteiger partial charge in [0.05, 0.1) is 11.0 Å². The number of para-hydroxylation sites is 1. The number of anilines is 1.